The van der Waals surface area contributed by atoms with Gasteiger partial charge in [0.15, 0.2) is 15.5 Å². The van der Waals surface area contributed by atoms with Crippen molar-refractivity contribution in [3.63, 3.8) is 0 Å². The molecule has 0 unspecified atom stereocenters. The fourth-order valence-corrected chi connectivity index (χ4v) is 4.56. The largest absolute Gasteiger partial charge is 0.463 e. The van der Waals surface area contributed by atoms with E-state index in [9.17, 15) is 31.5 Å². The first-order chi connectivity index (χ1) is 16.9. The standard InChI is InChI=1S/C23H27F3N4O5S/c1-4-36(33,34)20-11-15(5-6-16(20)14-31)17-7-8-18(27-17)19-12-21(23(24,25)26)28-30(19)13-22(32)35-10-9-29(2)3/h5-8,11-12,27,31H,4,9-10,13-14H2,1-3H3. The number of aromatic nitrogens is 3. The number of halogens is 3. The number of hydrogen-bond donors (Lipinski definition) is 2. The third kappa shape index (κ3) is 6.33. The zero-order valence-electron chi connectivity index (χ0n) is 20.0. The Hall–Kier alpha value is -3.16. The van der Waals surface area contributed by atoms with Crippen molar-refractivity contribution in [3.05, 3.63) is 47.7 Å². The summed E-state index contributed by atoms with van der Waals surface area (Å²) in [6.07, 6.45) is -4.73. The van der Waals surface area contributed by atoms with E-state index in [-0.39, 0.29) is 34.2 Å². The maximum absolute atomic E-state index is 13.4. The van der Waals surface area contributed by atoms with E-state index in [4.69, 9.17) is 4.74 Å². The normalized spacial score (nSPS) is 12.3. The Morgan fingerprint density at radius 2 is 1.86 bits per heavy atom. The van der Waals surface area contributed by atoms with E-state index in [1.165, 1.54) is 25.1 Å². The van der Waals surface area contributed by atoms with E-state index >= 15 is 0 Å². The minimum Gasteiger partial charge on any atom is -0.463 e. The molecule has 0 radical (unpaired) electrons. The summed E-state index contributed by atoms with van der Waals surface area (Å²) in [5.41, 5.74) is 0.200. The molecule has 0 atom stereocenters. The minimum absolute atomic E-state index is 0.00603. The van der Waals surface area contributed by atoms with Gasteiger partial charge in [-0.1, -0.05) is 19.1 Å². The Morgan fingerprint density at radius 1 is 1.17 bits per heavy atom. The van der Waals surface area contributed by atoms with Crippen LogP contribution in [-0.4, -0.2) is 72.2 Å². The monoisotopic (exact) mass is 528 g/mol. The quantitative estimate of drug-likeness (QED) is 0.389. The molecule has 196 valence electrons. The second-order valence-corrected chi connectivity index (χ2v) is 10.5. The van der Waals surface area contributed by atoms with Gasteiger partial charge in [-0.05, 0) is 49.5 Å². The first-order valence-electron chi connectivity index (χ1n) is 11.0. The Bertz CT molecular complexity index is 1330. The number of alkyl halides is 3. The van der Waals surface area contributed by atoms with Crippen LogP contribution in [0, 0.1) is 0 Å². The average Bonchev–Trinajstić information content (AvgIpc) is 3.45. The number of aliphatic hydroxyl groups is 1. The van der Waals surface area contributed by atoms with E-state index in [2.05, 4.69) is 10.1 Å². The number of hydrogen-bond acceptors (Lipinski definition) is 7. The van der Waals surface area contributed by atoms with Crippen molar-refractivity contribution in [2.75, 3.05) is 33.0 Å². The summed E-state index contributed by atoms with van der Waals surface area (Å²) >= 11 is 0. The van der Waals surface area contributed by atoms with Gasteiger partial charge in [0.05, 0.1) is 28.6 Å². The molecular formula is C23H27F3N4O5S. The summed E-state index contributed by atoms with van der Waals surface area (Å²) in [6.45, 7) is 1.03. The molecule has 0 spiro atoms. The summed E-state index contributed by atoms with van der Waals surface area (Å²) in [5, 5.41) is 13.1. The van der Waals surface area contributed by atoms with Crippen molar-refractivity contribution in [1.29, 1.82) is 0 Å². The molecule has 3 aromatic rings. The van der Waals surface area contributed by atoms with Gasteiger partial charge in [0, 0.05) is 12.2 Å². The molecule has 0 saturated carbocycles. The Balaban J connectivity index is 1.96. The van der Waals surface area contributed by atoms with E-state index in [0.717, 1.165) is 10.7 Å². The fourth-order valence-electron chi connectivity index (χ4n) is 3.41. The number of sulfone groups is 1. The van der Waals surface area contributed by atoms with Gasteiger partial charge < -0.3 is 19.7 Å². The number of likely N-dealkylation sites (N-methyl/N-ethyl adjacent to an activating group) is 1. The van der Waals surface area contributed by atoms with Crippen LogP contribution in [-0.2, 0) is 38.7 Å². The van der Waals surface area contributed by atoms with E-state index < -0.39 is 40.8 Å². The van der Waals surface area contributed by atoms with Gasteiger partial charge in [-0.15, -0.1) is 0 Å². The summed E-state index contributed by atoms with van der Waals surface area (Å²) in [5.74, 6) is -0.903. The van der Waals surface area contributed by atoms with Gasteiger partial charge in [0.25, 0.3) is 0 Å². The number of nitrogens with one attached hydrogen (secondary N) is 1. The topological polar surface area (TPSA) is 118 Å². The highest BCUT2D eigenvalue weighted by Crippen LogP contribution is 2.33. The third-order valence-corrected chi connectivity index (χ3v) is 7.19. The molecule has 1 aromatic carbocycles. The number of aromatic amines is 1. The molecular weight excluding hydrogens is 501 g/mol. The summed E-state index contributed by atoms with van der Waals surface area (Å²) in [6, 6.07) is 8.38. The number of carbonyl (C=O) groups is 1. The van der Waals surface area contributed by atoms with Crippen molar-refractivity contribution in [1.82, 2.24) is 19.7 Å². The number of H-pyrrole nitrogens is 1. The number of aliphatic hydroxyl groups excluding tert-OH is 1. The zero-order valence-corrected chi connectivity index (χ0v) is 20.8. The second kappa shape index (κ2) is 10.8. The Labute approximate surface area is 206 Å². The van der Waals surface area contributed by atoms with Gasteiger partial charge >= 0.3 is 12.1 Å². The molecule has 0 amide bonds. The van der Waals surface area contributed by atoms with Crippen LogP contribution < -0.4 is 0 Å². The summed E-state index contributed by atoms with van der Waals surface area (Å²) in [7, 11) is -0.0556. The number of nitrogens with zero attached hydrogens (tertiary/aromatic N) is 3. The van der Waals surface area contributed by atoms with Crippen molar-refractivity contribution < 1.29 is 36.2 Å². The van der Waals surface area contributed by atoms with Gasteiger partial charge in [-0.3, -0.25) is 9.48 Å². The predicted octanol–water partition coefficient (Wildman–Crippen LogP) is 2.95. The summed E-state index contributed by atoms with van der Waals surface area (Å²) < 4.78 is 71.0. The van der Waals surface area contributed by atoms with E-state index in [1.54, 1.807) is 31.1 Å². The van der Waals surface area contributed by atoms with E-state index in [0.29, 0.717) is 17.8 Å². The molecule has 0 aliphatic carbocycles. The Kier molecular flexibility index (Phi) is 8.26. The maximum Gasteiger partial charge on any atom is 0.435 e. The van der Waals surface area contributed by atoms with Crippen LogP contribution in [0.15, 0.2) is 41.3 Å². The SMILES string of the molecule is CCS(=O)(=O)c1cc(-c2ccc(-c3cc(C(F)(F)F)nn3CC(=O)OCCN(C)C)[nH]2)ccc1CO. The Morgan fingerprint density at radius 3 is 2.47 bits per heavy atom. The molecule has 13 heteroatoms. The molecule has 0 fully saturated rings. The van der Waals surface area contributed by atoms with Crippen LogP contribution in [0.25, 0.3) is 22.6 Å². The number of benzene rings is 1. The van der Waals surface area contributed by atoms with Crippen molar-refractivity contribution in [2.45, 2.75) is 31.1 Å². The number of esters is 1. The second-order valence-electron chi connectivity index (χ2n) is 8.26. The maximum atomic E-state index is 13.4. The highest BCUT2D eigenvalue weighted by Gasteiger charge is 2.35. The van der Waals surface area contributed by atoms with Crippen molar-refractivity contribution >= 4 is 15.8 Å². The highest BCUT2D eigenvalue weighted by atomic mass is 32.2. The van der Waals surface area contributed by atoms with E-state index in [1.807, 2.05) is 0 Å². The minimum atomic E-state index is -4.73. The van der Waals surface area contributed by atoms with Crippen molar-refractivity contribution in [3.8, 4) is 22.6 Å². The van der Waals surface area contributed by atoms with Crippen LogP contribution in [0.2, 0.25) is 0 Å². The third-order valence-electron chi connectivity index (χ3n) is 5.38. The lowest BCUT2D eigenvalue weighted by Crippen LogP contribution is -2.22. The predicted molar refractivity (Wildman–Crippen MR) is 126 cm³/mol. The molecule has 36 heavy (non-hydrogen) atoms. The molecule has 0 bridgehead atoms. The molecule has 2 heterocycles. The zero-order chi connectivity index (χ0) is 26.7. The molecule has 2 aromatic heterocycles. The average molecular weight is 529 g/mol. The van der Waals surface area contributed by atoms with Crippen LogP contribution in [0.4, 0.5) is 13.2 Å². The van der Waals surface area contributed by atoms with Gasteiger partial charge in [-0.25, -0.2) is 8.42 Å². The fraction of sp³-hybridized carbons (Fsp3) is 0.391. The lowest BCUT2D eigenvalue weighted by atomic mass is 10.1. The smallest absolute Gasteiger partial charge is 0.435 e. The summed E-state index contributed by atoms with van der Waals surface area (Å²) in [4.78, 5) is 17.0. The molecule has 0 aliphatic heterocycles. The molecule has 0 saturated heterocycles. The number of ether oxygens (including phenoxy) is 1. The lowest BCUT2D eigenvalue weighted by molar-refractivity contribution is -0.146. The molecule has 9 nitrogen and oxygen atoms in total. The first kappa shape index (κ1) is 27.4. The first-order valence-corrected chi connectivity index (χ1v) is 12.6. The van der Waals surface area contributed by atoms with Crippen molar-refractivity contribution in [2.24, 2.45) is 0 Å². The number of carbonyl (C=O) groups excluding carboxylic acids is 1. The van der Waals surface area contributed by atoms with Crippen LogP contribution in [0.5, 0.6) is 0 Å². The van der Waals surface area contributed by atoms with Crippen LogP contribution in [0.1, 0.15) is 18.2 Å². The highest BCUT2D eigenvalue weighted by molar-refractivity contribution is 7.91. The number of rotatable bonds is 10. The van der Waals surface area contributed by atoms with Gasteiger partial charge in [-0.2, -0.15) is 18.3 Å². The molecule has 0 aliphatic rings. The van der Waals surface area contributed by atoms with Gasteiger partial charge in [0.2, 0.25) is 0 Å². The van der Waals surface area contributed by atoms with Crippen LogP contribution in [0.3, 0.4) is 0 Å². The van der Waals surface area contributed by atoms with Crippen LogP contribution >= 0.6 is 0 Å². The molecule has 3 rings (SSSR count). The lowest BCUT2D eigenvalue weighted by Gasteiger charge is -2.11. The van der Waals surface area contributed by atoms with Gasteiger partial charge in [0.1, 0.15) is 13.2 Å². The molecule has 2 N–H and O–H groups in total.